The Labute approximate surface area is 102 Å². The number of rotatable bonds is 3. The number of aromatic nitrogens is 1. The lowest BCUT2D eigenvalue weighted by Crippen LogP contribution is -2.34. The normalized spacial score (nSPS) is 22.1. The standard InChI is InChI=1S/C12H21N3S/c1-2-10-6-4-3-5-7-15(10)12-14-9-11(8-13)16-12/h9-10H,2-8,13H2,1H3. The Morgan fingerprint density at radius 2 is 2.38 bits per heavy atom. The van der Waals surface area contributed by atoms with E-state index in [0.717, 1.165) is 6.54 Å². The molecule has 3 nitrogen and oxygen atoms in total. The van der Waals surface area contributed by atoms with Gasteiger partial charge in [0.15, 0.2) is 5.13 Å². The Hall–Kier alpha value is -0.610. The van der Waals surface area contributed by atoms with Gasteiger partial charge in [-0.3, -0.25) is 0 Å². The van der Waals surface area contributed by atoms with Crippen molar-refractivity contribution in [3.05, 3.63) is 11.1 Å². The van der Waals surface area contributed by atoms with Crippen LogP contribution in [-0.2, 0) is 6.54 Å². The summed E-state index contributed by atoms with van der Waals surface area (Å²) in [5.41, 5.74) is 5.64. The summed E-state index contributed by atoms with van der Waals surface area (Å²) in [5.74, 6) is 0. The Morgan fingerprint density at radius 1 is 1.50 bits per heavy atom. The van der Waals surface area contributed by atoms with Crippen molar-refractivity contribution in [1.29, 1.82) is 0 Å². The number of nitrogens with zero attached hydrogens (tertiary/aromatic N) is 2. The molecule has 1 aromatic heterocycles. The van der Waals surface area contributed by atoms with Crippen LogP contribution in [0, 0.1) is 0 Å². The molecule has 1 aliphatic rings. The topological polar surface area (TPSA) is 42.2 Å². The SMILES string of the molecule is CCC1CCCCCN1c1ncc(CN)s1. The lowest BCUT2D eigenvalue weighted by molar-refractivity contribution is 0.555. The highest BCUT2D eigenvalue weighted by Crippen LogP contribution is 2.29. The largest absolute Gasteiger partial charge is 0.345 e. The van der Waals surface area contributed by atoms with Crippen LogP contribution in [0.1, 0.15) is 43.9 Å². The zero-order valence-electron chi connectivity index (χ0n) is 9.98. The van der Waals surface area contributed by atoms with Gasteiger partial charge in [-0.1, -0.05) is 19.8 Å². The molecule has 1 aliphatic heterocycles. The first kappa shape index (κ1) is 11.9. The van der Waals surface area contributed by atoms with Gasteiger partial charge in [-0.2, -0.15) is 0 Å². The van der Waals surface area contributed by atoms with Crippen LogP contribution in [0.25, 0.3) is 0 Å². The van der Waals surface area contributed by atoms with Gasteiger partial charge in [-0.05, 0) is 19.3 Å². The Morgan fingerprint density at radius 3 is 3.06 bits per heavy atom. The first-order chi connectivity index (χ1) is 7.85. The van der Waals surface area contributed by atoms with Crippen molar-refractivity contribution in [2.24, 2.45) is 5.73 Å². The average molecular weight is 239 g/mol. The summed E-state index contributed by atoms with van der Waals surface area (Å²) < 4.78 is 0. The first-order valence-electron chi connectivity index (χ1n) is 6.26. The molecule has 0 saturated carbocycles. The van der Waals surface area contributed by atoms with Gasteiger partial charge in [0.2, 0.25) is 0 Å². The van der Waals surface area contributed by atoms with Crippen molar-refractivity contribution in [2.75, 3.05) is 11.4 Å². The predicted octanol–water partition coefficient (Wildman–Crippen LogP) is 2.76. The van der Waals surface area contributed by atoms with E-state index in [2.05, 4.69) is 16.8 Å². The third-order valence-corrected chi connectivity index (χ3v) is 4.39. The van der Waals surface area contributed by atoms with Gasteiger partial charge in [0.05, 0.1) is 0 Å². The van der Waals surface area contributed by atoms with Gasteiger partial charge in [0.1, 0.15) is 0 Å². The van der Waals surface area contributed by atoms with Gasteiger partial charge >= 0.3 is 0 Å². The maximum Gasteiger partial charge on any atom is 0.185 e. The zero-order valence-corrected chi connectivity index (χ0v) is 10.8. The molecule has 16 heavy (non-hydrogen) atoms. The minimum Gasteiger partial charge on any atom is -0.345 e. The van der Waals surface area contributed by atoms with Crippen molar-refractivity contribution in [3.8, 4) is 0 Å². The number of nitrogens with two attached hydrogens (primary N) is 1. The molecule has 0 radical (unpaired) electrons. The Bertz CT molecular complexity index is 324. The molecule has 1 fully saturated rings. The molecule has 1 unspecified atom stereocenters. The van der Waals surface area contributed by atoms with Gasteiger partial charge in [0, 0.05) is 30.2 Å². The minimum absolute atomic E-state index is 0.613. The van der Waals surface area contributed by atoms with E-state index in [4.69, 9.17) is 5.73 Å². The third-order valence-electron chi connectivity index (χ3n) is 3.34. The highest BCUT2D eigenvalue weighted by Gasteiger charge is 2.21. The van der Waals surface area contributed by atoms with Crippen molar-refractivity contribution < 1.29 is 0 Å². The Kier molecular flexibility index (Phi) is 4.18. The van der Waals surface area contributed by atoms with Gasteiger partial charge < -0.3 is 10.6 Å². The van der Waals surface area contributed by atoms with Crippen LogP contribution in [0.15, 0.2) is 6.20 Å². The lowest BCUT2D eigenvalue weighted by Gasteiger charge is -2.28. The molecule has 2 heterocycles. The summed E-state index contributed by atoms with van der Waals surface area (Å²) in [4.78, 5) is 8.20. The first-order valence-corrected chi connectivity index (χ1v) is 7.08. The van der Waals surface area contributed by atoms with E-state index in [0.29, 0.717) is 12.6 Å². The highest BCUT2D eigenvalue weighted by atomic mass is 32.1. The molecule has 1 saturated heterocycles. The van der Waals surface area contributed by atoms with Crippen LogP contribution in [0.3, 0.4) is 0 Å². The van der Waals surface area contributed by atoms with Gasteiger partial charge in [-0.25, -0.2) is 4.98 Å². The molecule has 1 aromatic rings. The van der Waals surface area contributed by atoms with Gasteiger partial charge in [0.25, 0.3) is 0 Å². The molecule has 90 valence electrons. The third kappa shape index (κ3) is 2.55. The summed E-state index contributed by atoms with van der Waals surface area (Å²) in [7, 11) is 0. The molecule has 2 N–H and O–H groups in total. The van der Waals surface area contributed by atoms with E-state index in [1.807, 2.05) is 6.20 Å². The Balaban J connectivity index is 2.14. The summed E-state index contributed by atoms with van der Waals surface area (Å²) in [6.45, 7) is 4.05. The van der Waals surface area contributed by atoms with Crippen LogP contribution in [0.2, 0.25) is 0 Å². The second kappa shape index (κ2) is 5.64. The van der Waals surface area contributed by atoms with Crippen molar-refractivity contribution in [2.45, 2.75) is 51.6 Å². The fourth-order valence-electron chi connectivity index (χ4n) is 2.38. The second-order valence-corrected chi connectivity index (χ2v) is 5.51. The minimum atomic E-state index is 0.613. The second-order valence-electron chi connectivity index (χ2n) is 4.42. The van der Waals surface area contributed by atoms with E-state index < -0.39 is 0 Å². The molecular weight excluding hydrogens is 218 g/mol. The maximum absolute atomic E-state index is 5.64. The fourth-order valence-corrected chi connectivity index (χ4v) is 3.26. The smallest absolute Gasteiger partial charge is 0.185 e. The fraction of sp³-hybridized carbons (Fsp3) is 0.750. The average Bonchev–Trinajstić information content (AvgIpc) is 2.66. The molecular formula is C12H21N3S. The summed E-state index contributed by atoms with van der Waals surface area (Å²) >= 11 is 1.76. The van der Waals surface area contributed by atoms with Gasteiger partial charge in [-0.15, -0.1) is 11.3 Å². The van der Waals surface area contributed by atoms with E-state index in [1.54, 1.807) is 11.3 Å². The van der Waals surface area contributed by atoms with E-state index in [1.165, 1.54) is 42.1 Å². The quantitative estimate of drug-likeness (QED) is 0.882. The van der Waals surface area contributed by atoms with Crippen molar-refractivity contribution >= 4 is 16.5 Å². The number of hydrogen-bond donors (Lipinski definition) is 1. The van der Waals surface area contributed by atoms with E-state index in [-0.39, 0.29) is 0 Å². The maximum atomic E-state index is 5.64. The molecule has 0 amide bonds. The molecule has 0 spiro atoms. The molecule has 0 aromatic carbocycles. The summed E-state index contributed by atoms with van der Waals surface area (Å²) in [6, 6.07) is 0.680. The molecule has 0 bridgehead atoms. The molecule has 1 atom stereocenters. The van der Waals surface area contributed by atoms with Crippen LogP contribution in [0.4, 0.5) is 5.13 Å². The van der Waals surface area contributed by atoms with Crippen molar-refractivity contribution in [3.63, 3.8) is 0 Å². The predicted molar refractivity (Wildman–Crippen MR) is 69.9 cm³/mol. The van der Waals surface area contributed by atoms with Crippen LogP contribution in [0.5, 0.6) is 0 Å². The summed E-state index contributed by atoms with van der Waals surface area (Å²) in [5, 5.41) is 1.18. The monoisotopic (exact) mass is 239 g/mol. The highest BCUT2D eigenvalue weighted by molar-refractivity contribution is 7.15. The number of hydrogen-bond acceptors (Lipinski definition) is 4. The zero-order chi connectivity index (χ0) is 11.4. The summed E-state index contributed by atoms with van der Waals surface area (Å²) in [6.07, 6.45) is 8.49. The van der Waals surface area contributed by atoms with E-state index in [9.17, 15) is 0 Å². The molecule has 0 aliphatic carbocycles. The molecule has 2 rings (SSSR count). The van der Waals surface area contributed by atoms with Crippen molar-refractivity contribution in [1.82, 2.24) is 4.98 Å². The number of anilines is 1. The lowest BCUT2D eigenvalue weighted by atomic mass is 10.1. The van der Waals surface area contributed by atoms with Crippen LogP contribution < -0.4 is 10.6 Å². The molecule has 4 heteroatoms. The van der Waals surface area contributed by atoms with Crippen LogP contribution >= 0.6 is 11.3 Å². The number of thiazole rings is 1. The van der Waals surface area contributed by atoms with E-state index >= 15 is 0 Å². The van der Waals surface area contributed by atoms with Crippen LogP contribution in [-0.4, -0.2) is 17.6 Å².